The Morgan fingerprint density at radius 1 is 1.24 bits per heavy atom. The molecule has 0 saturated carbocycles. The van der Waals surface area contributed by atoms with E-state index in [9.17, 15) is 14.0 Å². The van der Waals surface area contributed by atoms with Crippen LogP contribution in [0.1, 0.15) is 25.6 Å². The minimum Gasteiger partial charge on any atom is -0.354 e. The van der Waals surface area contributed by atoms with Gasteiger partial charge in [-0.05, 0) is 11.6 Å². The molecular formula is C17H19FN4O2S. The molecule has 0 bridgehead atoms. The van der Waals surface area contributed by atoms with Crippen molar-refractivity contribution in [3.05, 3.63) is 46.5 Å². The standard InChI is InChI=1S/C17H19FN4O2S/c1-19-15(23)14-11-20-17(25-14)22-8-6-21(7-9-22)16(24)13-5-3-2-4-12(13)10-18/h2-5,11H,6-10H2,1H3,(H,19,23). The van der Waals surface area contributed by atoms with E-state index in [2.05, 4.69) is 15.2 Å². The van der Waals surface area contributed by atoms with Crippen LogP contribution in [0.5, 0.6) is 0 Å². The molecule has 1 fully saturated rings. The van der Waals surface area contributed by atoms with Gasteiger partial charge in [-0.2, -0.15) is 0 Å². The fourth-order valence-corrected chi connectivity index (χ4v) is 3.67. The topological polar surface area (TPSA) is 65.5 Å². The van der Waals surface area contributed by atoms with Crippen molar-refractivity contribution in [2.45, 2.75) is 6.67 Å². The third kappa shape index (κ3) is 3.63. The van der Waals surface area contributed by atoms with Gasteiger partial charge in [-0.25, -0.2) is 9.37 Å². The number of halogens is 1. The predicted molar refractivity (Wildman–Crippen MR) is 94.9 cm³/mol. The molecule has 0 aliphatic carbocycles. The van der Waals surface area contributed by atoms with Gasteiger partial charge in [-0.1, -0.05) is 29.5 Å². The maximum atomic E-state index is 13.1. The average Bonchev–Trinajstić information content (AvgIpc) is 3.17. The van der Waals surface area contributed by atoms with Crippen molar-refractivity contribution in [2.75, 3.05) is 38.1 Å². The molecule has 1 aromatic heterocycles. The molecule has 1 N–H and O–H groups in total. The number of thiazole rings is 1. The lowest BCUT2D eigenvalue weighted by molar-refractivity contribution is 0.0744. The number of carbonyl (C=O) groups excluding carboxylic acids is 2. The van der Waals surface area contributed by atoms with Crippen molar-refractivity contribution in [3.63, 3.8) is 0 Å². The number of nitrogens with zero attached hydrogens (tertiary/aromatic N) is 3. The largest absolute Gasteiger partial charge is 0.354 e. The number of alkyl halides is 1. The monoisotopic (exact) mass is 362 g/mol. The zero-order chi connectivity index (χ0) is 17.8. The van der Waals surface area contributed by atoms with Gasteiger partial charge in [0.1, 0.15) is 11.6 Å². The molecule has 2 heterocycles. The van der Waals surface area contributed by atoms with Crippen LogP contribution in [-0.2, 0) is 6.67 Å². The summed E-state index contributed by atoms with van der Waals surface area (Å²) in [5.74, 6) is -0.293. The Morgan fingerprint density at radius 3 is 2.64 bits per heavy atom. The SMILES string of the molecule is CNC(=O)c1cnc(N2CCN(C(=O)c3ccccc3CF)CC2)s1. The molecule has 3 rings (SSSR count). The molecule has 1 aliphatic rings. The minimum absolute atomic E-state index is 0.141. The lowest BCUT2D eigenvalue weighted by Gasteiger charge is -2.34. The third-order valence-corrected chi connectivity index (χ3v) is 5.23. The van der Waals surface area contributed by atoms with Crippen molar-refractivity contribution >= 4 is 28.3 Å². The second kappa shape index (κ2) is 7.60. The first kappa shape index (κ1) is 17.3. The van der Waals surface area contributed by atoms with Gasteiger partial charge < -0.3 is 15.1 Å². The fourth-order valence-electron chi connectivity index (χ4n) is 2.76. The number of amides is 2. The summed E-state index contributed by atoms with van der Waals surface area (Å²) >= 11 is 1.33. The van der Waals surface area contributed by atoms with Gasteiger partial charge in [0.25, 0.3) is 11.8 Å². The van der Waals surface area contributed by atoms with Crippen LogP contribution < -0.4 is 10.2 Å². The molecule has 1 saturated heterocycles. The van der Waals surface area contributed by atoms with E-state index < -0.39 is 6.67 Å². The summed E-state index contributed by atoms with van der Waals surface area (Å²) in [6.45, 7) is 1.68. The number of anilines is 1. The van der Waals surface area contributed by atoms with E-state index in [0.717, 1.165) is 5.13 Å². The average molecular weight is 362 g/mol. The zero-order valence-electron chi connectivity index (χ0n) is 13.9. The molecule has 6 nitrogen and oxygen atoms in total. The van der Waals surface area contributed by atoms with E-state index in [-0.39, 0.29) is 11.8 Å². The van der Waals surface area contributed by atoms with Gasteiger partial charge in [-0.3, -0.25) is 9.59 Å². The summed E-state index contributed by atoms with van der Waals surface area (Å²) in [4.78, 5) is 32.9. The van der Waals surface area contributed by atoms with Gasteiger partial charge >= 0.3 is 0 Å². The summed E-state index contributed by atoms with van der Waals surface area (Å²) in [7, 11) is 1.58. The van der Waals surface area contributed by atoms with E-state index in [4.69, 9.17) is 0 Å². The Morgan fingerprint density at radius 2 is 1.96 bits per heavy atom. The molecule has 8 heteroatoms. The second-order valence-electron chi connectivity index (χ2n) is 5.66. The van der Waals surface area contributed by atoms with Crippen molar-refractivity contribution in [1.82, 2.24) is 15.2 Å². The first-order valence-corrected chi connectivity index (χ1v) is 8.81. The van der Waals surface area contributed by atoms with Gasteiger partial charge in [0.15, 0.2) is 5.13 Å². The van der Waals surface area contributed by atoms with Crippen LogP contribution in [0.15, 0.2) is 30.5 Å². The van der Waals surface area contributed by atoms with E-state index in [1.807, 2.05) is 0 Å². The maximum absolute atomic E-state index is 13.1. The molecule has 2 amide bonds. The van der Waals surface area contributed by atoms with Crippen LogP contribution >= 0.6 is 11.3 Å². The van der Waals surface area contributed by atoms with Crippen LogP contribution in [-0.4, -0.2) is 54.9 Å². The Kier molecular flexibility index (Phi) is 5.28. The van der Waals surface area contributed by atoms with Crippen molar-refractivity contribution < 1.29 is 14.0 Å². The normalized spacial score (nSPS) is 14.5. The van der Waals surface area contributed by atoms with Gasteiger partial charge in [0.05, 0.1) is 6.20 Å². The highest BCUT2D eigenvalue weighted by Gasteiger charge is 2.25. The minimum atomic E-state index is -0.650. The smallest absolute Gasteiger partial charge is 0.262 e. The Labute approximate surface area is 149 Å². The highest BCUT2D eigenvalue weighted by molar-refractivity contribution is 7.17. The van der Waals surface area contributed by atoms with Gasteiger partial charge in [-0.15, -0.1) is 0 Å². The van der Waals surface area contributed by atoms with Gasteiger partial charge in [0.2, 0.25) is 0 Å². The molecular weight excluding hydrogens is 343 g/mol. The number of aromatic nitrogens is 1. The number of hydrogen-bond acceptors (Lipinski definition) is 5. The summed E-state index contributed by atoms with van der Waals surface area (Å²) in [5.41, 5.74) is 0.847. The Bertz CT molecular complexity index is 772. The quantitative estimate of drug-likeness (QED) is 0.903. The number of rotatable bonds is 4. The van der Waals surface area contributed by atoms with Crippen LogP contribution in [0.25, 0.3) is 0 Å². The van der Waals surface area contributed by atoms with Crippen LogP contribution in [0.2, 0.25) is 0 Å². The Balaban J connectivity index is 1.64. The summed E-state index contributed by atoms with van der Waals surface area (Å²) in [5, 5.41) is 3.35. The third-order valence-electron chi connectivity index (χ3n) is 4.17. The summed E-state index contributed by atoms with van der Waals surface area (Å²) in [6.07, 6.45) is 1.56. The number of benzene rings is 1. The fraction of sp³-hybridized carbons (Fsp3) is 0.353. The molecule has 0 atom stereocenters. The van der Waals surface area contributed by atoms with Crippen molar-refractivity contribution in [2.24, 2.45) is 0 Å². The summed E-state index contributed by atoms with van der Waals surface area (Å²) in [6, 6.07) is 6.79. The lowest BCUT2D eigenvalue weighted by atomic mass is 10.1. The maximum Gasteiger partial charge on any atom is 0.262 e. The van der Waals surface area contributed by atoms with Crippen molar-refractivity contribution in [1.29, 1.82) is 0 Å². The molecule has 0 radical (unpaired) electrons. The van der Waals surface area contributed by atoms with E-state index >= 15 is 0 Å². The first-order chi connectivity index (χ1) is 12.1. The lowest BCUT2D eigenvalue weighted by Crippen LogP contribution is -2.49. The molecule has 1 aromatic carbocycles. The molecule has 0 unspecified atom stereocenters. The summed E-state index contributed by atoms with van der Waals surface area (Å²) < 4.78 is 13.1. The van der Waals surface area contributed by atoms with E-state index in [1.54, 1.807) is 42.4 Å². The van der Waals surface area contributed by atoms with Crippen molar-refractivity contribution in [3.8, 4) is 0 Å². The second-order valence-corrected chi connectivity index (χ2v) is 6.67. The molecule has 132 valence electrons. The number of carbonyl (C=O) groups is 2. The highest BCUT2D eigenvalue weighted by Crippen LogP contribution is 2.24. The van der Waals surface area contributed by atoms with Gasteiger partial charge in [0, 0.05) is 38.8 Å². The number of hydrogen-bond donors (Lipinski definition) is 1. The van der Waals surface area contributed by atoms with Crippen LogP contribution in [0.4, 0.5) is 9.52 Å². The number of nitrogens with one attached hydrogen (secondary N) is 1. The highest BCUT2D eigenvalue weighted by atomic mass is 32.1. The van der Waals surface area contributed by atoms with Crippen LogP contribution in [0, 0.1) is 0 Å². The Hall–Kier alpha value is -2.48. The van der Waals surface area contributed by atoms with E-state index in [0.29, 0.717) is 42.2 Å². The molecule has 25 heavy (non-hydrogen) atoms. The molecule has 2 aromatic rings. The van der Waals surface area contributed by atoms with E-state index in [1.165, 1.54) is 11.3 Å². The molecule has 1 aliphatic heterocycles. The first-order valence-electron chi connectivity index (χ1n) is 8.00. The van der Waals surface area contributed by atoms with Crippen LogP contribution in [0.3, 0.4) is 0 Å². The predicted octanol–water partition coefficient (Wildman–Crippen LogP) is 1.93. The zero-order valence-corrected chi connectivity index (χ0v) is 14.7. The number of piperazine rings is 1. The molecule has 0 spiro atoms.